The van der Waals surface area contributed by atoms with Gasteiger partial charge in [-0.05, 0) is 53.9 Å². The molecule has 0 aromatic rings. The van der Waals surface area contributed by atoms with Gasteiger partial charge in [0.05, 0.1) is 18.8 Å². The lowest BCUT2D eigenvalue weighted by Crippen LogP contribution is -2.53. The van der Waals surface area contributed by atoms with Crippen LogP contribution in [0.25, 0.3) is 0 Å². The summed E-state index contributed by atoms with van der Waals surface area (Å²) in [6.07, 6.45) is 3.05. The van der Waals surface area contributed by atoms with Crippen molar-refractivity contribution in [2.24, 2.45) is 0 Å². The molecule has 2 atom stereocenters. The second kappa shape index (κ2) is 6.79. The van der Waals surface area contributed by atoms with Crippen molar-refractivity contribution in [3.05, 3.63) is 12.7 Å². The fraction of sp³-hybridized carbons (Fsp3) is 0.812. The predicted molar refractivity (Wildman–Crippen MR) is 81.9 cm³/mol. The van der Waals surface area contributed by atoms with Crippen LogP contribution in [-0.4, -0.2) is 46.2 Å². The second-order valence-corrected chi connectivity index (χ2v) is 6.96. The van der Waals surface area contributed by atoms with Crippen molar-refractivity contribution in [3.8, 4) is 0 Å². The number of carbonyl (C=O) groups is 1. The molecule has 0 saturated carbocycles. The number of hydrogen-bond acceptors (Lipinski definition) is 4. The molecule has 0 spiro atoms. The maximum atomic E-state index is 12.4. The van der Waals surface area contributed by atoms with Crippen molar-refractivity contribution in [2.45, 2.75) is 77.4 Å². The van der Waals surface area contributed by atoms with Gasteiger partial charge in [-0.1, -0.05) is 6.08 Å². The van der Waals surface area contributed by atoms with Crippen LogP contribution in [0.2, 0.25) is 0 Å². The second-order valence-electron chi connectivity index (χ2n) is 6.96. The number of ether oxygens (including phenoxy) is 2. The fourth-order valence-corrected chi connectivity index (χ4v) is 2.45. The smallest absolute Gasteiger partial charge is 0.412 e. The number of aliphatic hydroxyl groups excluding tert-OH is 1. The van der Waals surface area contributed by atoms with E-state index in [1.807, 2.05) is 40.7 Å². The van der Waals surface area contributed by atoms with Crippen LogP contribution in [-0.2, 0) is 9.47 Å². The minimum Gasteiger partial charge on any atom is -0.444 e. The average molecular weight is 299 g/mol. The first-order valence-corrected chi connectivity index (χ1v) is 7.54. The Morgan fingerprint density at radius 2 is 2.19 bits per heavy atom. The molecule has 0 radical (unpaired) electrons. The predicted octanol–water partition coefficient (Wildman–Crippen LogP) is 3.08. The van der Waals surface area contributed by atoms with E-state index in [1.165, 1.54) is 4.90 Å². The molecule has 0 aromatic carbocycles. The van der Waals surface area contributed by atoms with Gasteiger partial charge in [0.25, 0.3) is 0 Å². The third-order valence-corrected chi connectivity index (χ3v) is 3.46. The highest BCUT2D eigenvalue weighted by atomic mass is 16.6. The van der Waals surface area contributed by atoms with Gasteiger partial charge >= 0.3 is 6.09 Å². The van der Waals surface area contributed by atoms with Crippen molar-refractivity contribution in [1.82, 2.24) is 4.90 Å². The third-order valence-electron chi connectivity index (χ3n) is 3.46. The first kappa shape index (κ1) is 18.0. The van der Waals surface area contributed by atoms with E-state index in [0.29, 0.717) is 13.0 Å². The van der Waals surface area contributed by atoms with Crippen LogP contribution in [0.1, 0.15) is 53.9 Å². The number of rotatable bonds is 5. The van der Waals surface area contributed by atoms with Crippen molar-refractivity contribution in [2.75, 3.05) is 6.61 Å². The first-order valence-electron chi connectivity index (χ1n) is 7.54. The zero-order valence-electron chi connectivity index (χ0n) is 13.9. The number of nitrogens with zero attached hydrogens (tertiary/aromatic N) is 1. The van der Waals surface area contributed by atoms with Gasteiger partial charge in [-0.2, -0.15) is 0 Å². The number of aliphatic hydroxyl groups is 1. The average Bonchev–Trinajstić information content (AvgIpc) is 2.63. The summed E-state index contributed by atoms with van der Waals surface area (Å²) < 4.78 is 11.1. The molecular weight excluding hydrogens is 270 g/mol. The van der Waals surface area contributed by atoms with Crippen LogP contribution in [0.15, 0.2) is 12.7 Å². The number of carbonyl (C=O) groups excluding carboxylic acids is 1. The Hall–Kier alpha value is -1.07. The lowest BCUT2D eigenvalue weighted by molar-refractivity contribution is -0.0681. The molecule has 21 heavy (non-hydrogen) atoms. The number of allylic oxidation sites excluding steroid dienone is 1. The van der Waals surface area contributed by atoms with Crippen molar-refractivity contribution < 1.29 is 19.4 Å². The Kier molecular flexibility index (Phi) is 5.82. The third kappa shape index (κ3) is 5.00. The molecule has 1 amide bonds. The molecule has 1 saturated heterocycles. The van der Waals surface area contributed by atoms with Gasteiger partial charge in [0.15, 0.2) is 0 Å². The lowest BCUT2D eigenvalue weighted by Gasteiger charge is -2.36. The summed E-state index contributed by atoms with van der Waals surface area (Å²) in [5.41, 5.74) is -1.35. The molecule has 0 aromatic heterocycles. The first-order chi connectivity index (χ1) is 9.58. The Labute approximate surface area is 127 Å². The van der Waals surface area contributed by atoms with Gasteiger partial charge in [-0.15, -0.1) is 6.58 Å². The highest BCUT2D eigenvalue weighted by Crippen LogP contribution is 2.31. The Morgan fingerprint density at radius 1 is 1.57 bits per heavy atom. The molecule has 0 unspecified atom stereocenters. The van der Waals surface area contributed by atoms with E-state index in [2.05, 4.69) is 6.58 Å². The maximum absolute atomic E-state index is 12.4. The molecule has 1 aliphatic rings. The monoisotopic (exact) mass is 299 g/mol. The quantitative estimate of drug-likeness (QED) is 0.626. The SMILES string of the molecule is C=CCCC[C@@H](O)[C@@H]1COC(C)(C)N1C(=O)OC(C)(C)C. The van der Waals surface area contributed by atoms with Crippen molar-refractivity contribution in [1.29, 1.82) is 0 Å². The minimum absolute atomic E-state index is 0.321. The van der Waals surface area contributed by atoms with Crippen LogP contribution in [0, 0.1) is 0 Å². The van der Waals surface area contributed by atoms with E-state index < -0.39 is 23.5 Å². The molecule has 122 valence electrons. The molecule has 5 heteroatoms. The van der Waals surface area contributed by atoms with Crippen LogP contribution in [0.4, 0.5) is 4.79 Å². The van der Waals surface area contributed by atoms with Crippen LogP contribution in [0.5, 0.6) is 0 Å². The molecule has 1 aliphatic heterocycles. The Morgan fingerprint density at radius 3 is 2.71 bits per heavy atom. The molecular formula is C16H29NO4. The minimum atomic E-state index is -0.771. The largest absolute Gasteiger partial charge is 0.444 e. The summed E-state index contributed by atoms with van der Waals surface area (Å²) in [7, 11) is 0. The van der Waals surface area contributed by atoms with Crippen LogP contribution < -0.4 is 0 Å². The van der Waals surface area contributed by atoms with Gasteiger partial charge < -0.3 is 14.6 Å². The summed E-state index contributed by atoms with van der Waals surface area (Å²) in [5.74, 6) is 0. The van der Waals surface area contributed by atoms with E-state index in [0.717, 1.165) is 12.8 Å². The summed E-state index contributed by atoms with van der Waals surface area (Å²) in [5, 5.41) is 10.4. The van der Waals surface area contributed by atoms with Crippen molar-refractivity contribution in [3.63, 3.8) is 0 Å². The molecule has 0 aliphatic carbocycles. The van der Waals surface area contributed by atoms with Crippen molar-refractivity contribution >= 4 is 6.09 Å². The number of amides is 1. The molecule has 0 bridgehead atoms. The van der Waals surface area contributed by atoms with Gasteiger partial charge in [-0.25, -0.2) is 4.79 Å². The van der Waals surface area contributed by atoms with Gasteiger partial charge in [0, 0.05) is 0 Å². The zero-order valence-corrected chi connectivity index (χ0v) is 13.9. The Bertz CT molecular complexity index is 373. The highest BCUT2D eigenvalue weighted by molar-refractivity contribution is 5.69. The normalized spacial score (nSPS) is 23.0. The van der Waals surface area contributed by atoms with Crippen LogP contribution >= 0.6 is 0 Å². The van der Waals surface area contributed by atoms with E-state index in [9.17, 15) is 9.90 Å². The number of hydrogen-bond donors (Lipinski definition) is 1. The summed E-state index contributed by atoms with van der Waals surface area (Å²) in [6, 6.07) is -0.375. The van der Waals surface area contributed by atoms with E-state index in [-0.39, 0.29) is 6.04 Å². The molecule has 1 rings (SSSR count). The Balaban J connectivity index is 2.78. The summed E-state index contributed by atoms with van der Waals surface area (Å²) in [4.78, 5) is 13.9. The summed E-state index contributed by atoms with van der Waals surface area (Å²) in [6.45, 7) is 13.1. The van der Waals surface area contributed by atoms with Gasteiger partial charge in [0.1, 0.15) is 11.3 Å². The molecule has 1 heterocycles. The summed E-state index contributed by atoms with van der Waals surface area (Å²) >= 11 is 0. The molecule has 1 N–H and O–H groups in total. The van der Waals surface area contributed by atoms with E-state index >= 15 is 0 Å². The lowest BCUT2D eigenvalue weighted by atomic mass is 10.0. The number of unbranched alkanes of at least 4 members (excludes halogenated alkanes) is 1. The van der Waals surface area contributed by atoms with E-state index in [1.54, 1.807) is 0 Å². The molecule has 5 nitrogen and oxygen atoms in total. The zero-order chi connectivity index (χ0) is 16.3. The standard InChI is InChI=1S/C16H29NO4/c1-7-8-9-10-13(18)12-11-20-16(5,6)17(12)14(19)21-15(2,3)4/h7,12-13,18H,1,8-11H2,2-6H3/t12-,13+/m0/s1. The topological polar surface area (TPSA) is 59.0 Å². The highest BCUT2D eigenvalue weighted by Gasteiger charge is 2.48. The van der Waals surface area contributed by atoms with E-state index in [4.69, 9.17) is 9.47 Å². The van der Waals surface area contributed by atoms with Gasteiger partial charge in [0.2, 0.25) is 0 Å². The van der Waals surface area contributed by atoms with Gasteiger partial charge in [-0.3, -0.25) is 4.90 Å². The fourth-order valence-electron chi connectivity index (χ4n) is 2.45. The van der Waals surface area contributed by atoms with Crippen LogP contribution in [0.3, 0.4) is 0 Å². The maximum Gasteiger partial charge on any atom is 0.412 e. The molecule has 1 fully saturated rings.